The van der Waals surface area contributed by atoms with Crippen LogP contribution in [0.3, 0.4) is 0 Å². The summed E-state index contributed by atoms with van der Waals surface area (Å²) in [5.41, 5.74) is 0. The highest BCUT2D eigenvalue weighted by atomic mass is 32.1. The molecule has 1 aromatic heterocycles. The molecule has 5 nitrogen and oxygen atoms in total. The van der Waals surface area contributed by atoms with Crippen molar-refractivity contribution in [1.82, 2.24) is 15.2 Å². The Morgan fingerprint density at radius 1 is 1.56 bits per heavy atom. The second-order valence-corrected chi connectivity index (χ2v) is 6.00. The van der Waals surface area contributed by atoms with Crippen LogP contribution in [0.4, 0.5) is 0 Å². The van der Waals surface area contributed by atoms with E-state index in [2.05, 4.69) is 10.3 Å². The normalized spacial score (nSPS) is 20.2. The van der Waals surface area contributed by atoms with Crippen molar-refractivity contribution in [3.05, 3.63) is 16.1 Å². The molecule has 2 rings (SSSR count). The molecule has 1 atom stereocenters. The van der Waals surface area contributed by atoms with Crippen molar-refractivity contribution in [2.45, 2.75) is 45.8 Å². The van der Waals surface area contributed by atoms with Gasteiger partial charge in [0.2, 0.25) is 11.8 Å². The van der Waals surface area contributed by atoms with Gasteiger partial charge >= 0.3 is 0 Å². The second kappa shape index (κ2) is 5.16. The summed E-state index contributed by atoms with van der Waals surface area (Å²) in [6, 6.07) is -0.454. The molecule has 1 aromatic rings. The van der Waals surface area contributed by atoms with Gasteiger partial charge in [0.15, 0.2) is 0 Å². The molecule has 1 aliphatic heterocycles. The van der Waals surface area contributed by atoms with Gasteiger partial charge in [0.1, 0.15) is 0 Å². The number of hydrogen-bond acceptors (Lipinski definition) is 5. The van der Waals surface area contributed by atoms with Gasteiger partial charge in [-0.05, 0) is 20.8 Å². The van der Waals surface area contributed by atoms with Gasteiger partial charge in [-0.2, -0.15) is 0 Å². The maximum atomic E-state index is 12.0. The zero-order valence-corrected chi connectivity index (χ0v) is 11.6. The molecule has 0 aliphatic carbocycles. The maximum Gasteiger partial charge on any atom is 0.247 e. The number of aromatic nitrogens is 1. The molecule has 1 fully saturated rings. The number of carbonyl (C=O) groups excluding carboxylic acids is 2. The van der Waals surface area contributed by atoms with E-state index in [0.717, 1.165) is 9.88 Å². The summed E-state index contributed by atoms with van der Waals surface area (Å²) >= 11 is 1.60. The van der Waals surface area contributed by atoms with Crippen LogP contribution in [0, 0.1) is 6.92 Å². The number of nitrogens with zero attached hydrogens (tertiary/aromatic N) is 2. The lowest BCUT2D eigenvalue weighted by atomic mass is 10.2. The van der Waals surface area contributed by atoms with Crippen LogP contribution in [0.1, 0.15) is 30.2 Å². The van der Waals surface area contributed by atoms with Crippen molar-refractivity contribution in [1.29, 1.82) is 0 Å². The first-order chi connectivity index (χ1) is 8.49. The van der Waals surface area contributed by atoms with Crippen LogP contribution in [0.15, 0.2) is 6.20 Å². The Morgan fingerprint density at radius 2 is 2.28 bits per heavy atom. The first-order valence-corrected chi connectivity index (χ1v) is 6.81. The molecule has 1 unspecified atom stereocenters. The molecule has 2 heterocycles. The Kier molecular flexibility index (Phi) is 3.77. The molecule has 2 amide bonds. The topological polar surface area (TPSA) is 62.3 Å². The second-order valence-electron chi connectivity index (χ2n) is 4.68. The molecular formula is C12H17N3O2S. The average molecular weight is 267 g/mol. The number of aryl methyl sites for hydroxylation is 1. The van der Waals surface area contributed by atoms with Gasteiger partial charge in [-0.25, -0.2) is 4.98 Å². The van der Waals surface area contributed by atoms with Gasteiger partial charge in [0.05, 0.1) is 17.5 Å². The van der Waals surface area contributed by atoms with E-state index in [-0.39, 0.29) is 30.3 Å². The van der Waals surface area contributed by atoms with Crippen LogP contribution in [0.2, 0.25) is 0 Å². The van der Waals surface area contributed by atoms with Crippen molar-refractivity contribution in [3.8, 4) is 0 Å². The van der Waals surface area contributed by atoms with E-state index in [1.807, 2.05) is 20.8 Å². The van der Waals surface area contributed by atoms with E-state index in [4.69, 9.17) is 0 Å². The zero-order valence-electron chi connectivity index (χ0n) is 10.8. The van der Waals surface area contributed by atoms with Crippen LogP contribution in [-0.2, 0) is 16.1 Å². The third-order valence-electron chi connectivity index (χ3n) is 2.89. The Hall–Kier alpha value is -1.27. The van der Waals surface area contributed by atoms with Crippen LogP contribution in [0.25, 0.3) is 0 Å². The molecule has 1 aliphatic rings. The van der Waals surface area contributed by atoms with E-state index < -0.39 is 0 Å². The highest BCUT2D eigenvalue weighted by Gasteiger charge is 2.39. The smallest absolute Gasteiger partial charge is 0.247 e. The highest BCUT2D eigenvalue weighted by Crippen LogP contribution is 2.17. The maximum absolute atomic E-state index is 12.0. The van der Waals surface area contributed by atoms with Gasteiger partial charge in [-0.3, -0.25) is 14.5 Å². The Bertz CT molecular complexity index is 470. The lowest BCUT2D eigenvalue weighted by Crippen LogP contribution is -2.41. The van der Waals surface area contributed by atoms with Crippen molar-refractivity contribution in [2.24, 2.45) is 0 Å². The summed E-state index contributed by atoms with van der Waals surface area (Å²) in [6.07, 6.45) is 2.06. The number of rotatable bonds is 4. The van der Waals surface area contributed by atoms with Gasteiger partial charge in [-0.15, -0.1) is 11.3 Å². The first kappa shape index (κ1) is 13.2. The van der Waals surface area contributed by atoms with E-state index in [9.17, 15) is 9.59 Å². The lowest BCUT2D eigenvalue weighted by molar-refractivity contribution is -0.140. The zero-order chi connectivity index (χ0) is 13.3. The van der Waals surface area contributed by atoms with Crippen molar-refractivity contribution >= 4 is 23.2 Å². The third-order valence-corrected chi connectivity index (χ3v) is 3.80. The molecular weight excluding hydrogens is 250 g/mol. The van der Waals surface area contributed by atoms with E-state index in [0.29, 0.717) is 6.54 Å². The molecule has 98 valence electrons. The first-order valence-electron chi connectivity index (χ1n) is 5.99. The molecule has 0 bridgehead atoms. The van der Waals surface area contributed by atoms with E-state index >= 15 is 0 Å². The minimum Gasteiger partial charge on any atom is -0.300 e. The average Bonchev–Trinajstić information content (AvgIpc) is 2.80. The third kappa shape index (κ3) is 2.59. The number of likely N-dealkylation sites (tertiary alicyclic amines) is 1. The number of nitrogens with one attached hydrogen (secondary N) is 1. The van der Waals surface area contributed by atoms with Crippen LogP contribution in [-0.4, -0.2) is 33.8 Å². The van der Waals surface area contributed by atoms with Crippen molar-refractivity contribution < 1.29 is 9.59 Å². The van der Waals surface area contributed by atoms with Crippen LogP contribution < -0.4 is 5.32 Å². The fourth-order valence-corrected chi connectivity index (χ4v) is 2.81. The Balaban J connectivity index is 1.95. The van der Waals surface area contributed by atoms with Crippen molar-refractivity contribution in [2.75, 3.05) is 0 Å². The molecule has 6 heteroatoms. The summed E-state index contributed by atoms with van der Waals surface area (Å²) in [7, 11) is 0. The molecule has 18 heavy (non-hydrogen) atoms. The van der Waals surface area contributed by atoms with Crippen LogP contribution >= 0.6 is 11.3 Å². The lowest BCUT2D eigenvalue weighted by Gasteiger charge is -2.19. The number of thiazole rings is 1. The van der Waals surface area contributed by atoms with Gasteiger partial charge in [0, 0.05) is 23.7 Å². The van der Waals surface area contributed by atoms with Gasteiger partial charge in [0.25, 0.3) is 0 Å². The number of amides is 2. The molecule has 1 N–H and O–H groups in total. The quantitative estimate of drug-likeness (QED) is 0.829. The van der Waals surface area contributed by atoms with Crippen molar-refractivity contribution in [3.63, 3.8) is 0 Å². The van der Waals surface area contributed by atoms with E-state index in [1.54, 1.807) is 17.5 Å². The molecule has 1 saturated heterocycles. The summed E-state index contributed by atoms with van der Waals surface area (Å²) in [5.74, 6) is -0.204. The standard InChI is InChI=1S/C12H17N3O2S/c1-7(2)15-11(16)4-10(12(15)17)14-6-9-5-13-8(3)18-9/h5,7,10,14H,4,6H2,1-3H3. The Morgan fingerprint density at radius 3 is 2.78 bits per heavy atom. The SMILES string of the molecule is Cc1ncc(CNC2CC(=O)N(C(C)C)C2=O)s1. The summed E-state index contributed by atoms with van der Waals surface area (Å²) in [5, 5.41) is 4.14. The predicted molar refractivity (Wildman–Crippen MR) is 69.1 cm³/mol. The Labute approximate surface area is 110 Å². The highest BCUT2D eigenvalue weighted by molar-refractivity contribution is 7.11. The molecule has 0 aromatic carbocycles. The van der Waals surface area contributed by atoms with E-state index in [1.165, 1.54) is 4.90 Å². The summed E-state index contributed by atoms with van der Waals surface area (Å²) < 4.78 is 0. The molecule has 0 radical (unpaired) electrons. The number of imide groups is 1. The predicted octanol–water partition coefficient (Wildman–Crippen LogP) is 1.08. The fraction of sp³-hybridized carbons (Fsp3) is 0.583. The minimum atomic E-state index is -0.387. The number of carbonyl (C=O) groups is 2. The molecule has 0 saturated carbocycles. The number of hydrogen-bond donors (Lipinski definition) is 1. The monoisotopic (exact) mass is 267 g/mol. The summed E-state index contributed by atoms with van der Waals surface area (Å²) in [4.78, 5) is 30.3. The molecule has 0 spiro atoms. The minimum absolute atomic E-state index is 0.0672. The summed E-state index contributed by atoms with van der Waals surface area (Å²) in [6.45, 7) is 6.23. The van der Waals surface area contributed by atoms with Crippen LogP contribution in [0.5, 0.6) is 0 Å². The largest absolute Gasteiger partial charge is 0.300 e. The fourth-order valence-electron chi connectivity index (χ4n) is 2.06. The van der Waals surface area contributed by atoms with Gasteiger partial charge in [-0.1, -0.05) is 0 Å². The van der Waals surface area contributed by atoms with Gasteiger partial charge < -0.3 is 5.32 Å².